The molecule has 0 bridgehead atoms. The second-order valence-corrected chi connectivity index (χ2v) is 9.65. The van der Waals surface area contributed by atoms with Gasteiger partial charge in [-0.05, 0) is 39.1 Å². The van der Waals surface area contributed by atoms with Crippen molar-refractivity contribution in [3.8, 4) is 17.2 Å². The van der Waals surface area contributed by atoms with Gasteiger partial charge in [0.05, 0.1) is 36.8 Å². The van der Waals surface area contributed by atoms with E-state index in [0.717, 1.165) is 10.9 Å². The minimum atomic E-state index is -4.51. The number of carbonyl (C=O) groups excluding carboxylic acids is 2. The fourth-order valence-electron chi connectivity index (χ4n) is 4.28. The van der Waals surface area contributed by atoms with E-state index in [1.54, 1.807) is 0 Å². The third-order valence-electron chi connectivity index (χ3n) is 6.48. The molecule has 1 amide bonds. The number of hydrogen-bond donors (Lipinski definition) is 1. The zero-order valence-corrected chi connectivity index (χ0v) is 22.7. The SMILES string of the molecule is CCC(=O)CCCCC[C@H](NC(=O)[C@@H](CC(F)(F)F)N(C)C)c1ncc(-c2cc3ccccc3nc2OC)o1. The second-order valence-electron chi connectivity index (χ2n) is 9.65. The molecule has 2 atom stereocenters. The van der Waals surface area contributed by atoms with Crippen LogP contribution in [0.5, 0.6) is 5.88 Å². The highest BCUT2D eigenvalue weighted by molar-refractivity contribution is 5.85. The molecule has 212 valence electrons. The van der Waals surface area contributed by atoms with E-state index < -0.39 is 30.6 Å². The number of oxazole rings is 1. The Hall–Kier alpha value is -3.47. The smallest absolute Gasteiger partial charge is 0.391 e. The maximum atomic E-state index is 13.2. The van der Waals surface area contributed by atoms with Gasteiger partial charge in [-0.25, -0.2) is 9.97 Å². The largest absolute Gasteiger partial charge is 0.480 e. The van der Waals surface area contributed by atoms with Crippen LogP contribution in [0.25, 0.3) is 22.2 Å². The van der Waals surface area contributed by atoms with Crippen LogP contribution in [0, 0.1) is 0 Å². The number of amides is 1. The van der Waals surface area contributed by atoms with E-state index in [4.69, 9.17) is 9.15 Å². The first-order valence-electron chi connectivity index (χ1n) is 13.0. The number of nitrogens with one attached hydrogen (secondary N) is 1. The Morgan fingerprint density at radius 3 is 2.56 bits per heavy atom. The van der Waals surface area contributed by atoms with Crippen molar-refractivity contribution in [1.29, 1.82) is 0 Å². The first-order valence-corrected chi connectivity index (χ1v) is 13.0. The van der Waals surface area contributed by atoms with Gasteiger partial charge in [0.1, 0.15) is 11.8 Å². The molecule has 2 aromatic heterocycles. The molecule has 1 N–H and O–H groups in total. The molecule has 0 fully saturated rings. The Labute approximate surface area is 225 Å². The summed E-state index contributed by atoms with van der Waals surface area (Å²) in [4.78, 5) is 34.7. The number of alkyl halides is 3. The van der Waals surface area contributed by atoms with E-state index in [-0.39, 0.29) is 11.7 Å². The zero-order chi connectivity index (χ0) is 28.6. The summed E-state index contributed by atoms with van der Waals surface area (Å²) in [6.45, 7) is 1.82. The molecule has 0 aliphatic heterocycles. The summed E-state index contributed by atoms with van der Waals surface area (Å²) in [6.07, 6.45) is -0.945. The van der Waals surface area contributed by atoms with Crippen molar-refractivity contribution in [2.75, 3.05) is 21.2 Å². The number of carbonyl (C=O) groups is 2. The Kier molecular flexibility index (Phi) is 10.4. The first-order chi connectivity index (χ1) is 18.5. The summed E-state index contributed by atoms with van der Waals surface area (Å²) in [7, 11) is 4.35. The molecule has 0 spiro atoms. The number of methoxy groups -OCH3 is 1. The number of fused-ring (bicyclic) bond motifs is 1. The van der Waals surface area contributed by atoms with Gasteiger partial charge in [0.15, 0.2) is 5.76 Å². The number of halogens is 3. The molecular formula is C28H35F3N4O4. The number of likely N-dealkylation sites (N-methyl/N-ethyl adjacent to an activating group) is 1. The van der Waals surface area contributed by atoms with Crippen molar-refractivity contribution in [2.24, 2.45) is 0 Å². The summed E-state index contributed by atoms with van der Waals surface area (Å²) in [5.41, 5.74) is 1.30. The summed E-state index contributed by atoms with van der Waals surface area (Å²) in [5.74, 6) is 0.259. The van der Waals surface area contributed by atoms with Crippen molar-refractivity contribution in [2.45, 2.75) is 70.1 Å². The summed E-state index contributed by atoms with van der Waals surface area (Å²) in [6, 6.07) is 7.19. The highest BCUT2D eigenvalue weighted by atomic mass is 19.4. The van der Waals surface area contributed by atoms with Crippen molar-refractivity contribution in [1.82, 2.24) is 20.2 Å². The molecule has 2 heterocycles. The van der Waals surface area contributed by atoms with Crippen molar-refractivity contribution in [3.05, 3.63) is 42.4 Å². The number of pyridine rings is 1. The summed E-state index contributed by atoms with van der Waals surface area (Å²) >= 11 is 0. The minimum Gasteiger partial charge on any atom is -0.480 e. The number of rotatable bonds is 14. The number of aromatic nitrogens is 2. The van der Waals surface area contributed by atoms with Gasteiger partial charge in [-0.3, -0.25) is 14.5 Å². The van der Waals surface area contributed by atoms with Gasteiger partial charge in [-0.1, -0.05) is 38.0 Å². The minimum absolute atomic E-state index is 0.169. The summed E-state index contributed by atoms with van der Waals surface area (Å²) in [5, 5.41) is 3.58. The van der Waals surface area contributed by atoms with Crippen LogP contribution in [0.2, 0.25) is 0 Å². The van der Waals surface area contributed by atoms with Gasteiger partial charge in [0, 0.05) is 18.2 Å². The molecule has 1 aromatic carbocycles. The molecule has 11 heteroatoms. The van der Waals surface area contributed by atoms with Crippen molar-refractivity contribution in [3.63, 3.8) is 0 Å². The lowest BCUT2D eigenvalue weighted by molar-refractivity contribution is -0.155. The molecule has 39 heavy (non-hydrogen) atoms. The van der Waals surface area contributed by atoms with Gasteiger partial charge in [-0.15, -0.1) is 0 Å². The fourth-order valence-corrected chi connectivity index (χ4v) is 4.28. The number of hydrogen-bond acceptors (Lipinski definition) is 7. The fraction of sp³-hybridized carbons (Fsp3) is 0.500. The third kappa shape index (κ3) is 8.51. The van der Waals surface area contributed by atoms with Crippen LogP contribution in [0.4, 0.5) is 13.2 Å². The molecule has 0 aliphatic rings. The topological polar surface area (TPSA) is 97.6 Å². The van der Waals surface area contributed by atoms with Crippen LogP contribution in [-0.2, 0) is 9.59 Å². The lowest BCUT2D eigenvalue weighted by Gasteiger charge is -2.26. The number of para-hydroxylation sites is 1. The maximum Gasteiger partial charge on any atom is 0.391 e. The van der Waals surface area contributed by atoms with Crippen molar-refractivity contribution < 1.29 is 31.9 Å². The molecular weight excluding hydrogens is 513 g/mol. The molecule has 0 saturated heterocycles. The second kappa shape index (κ2) is 13.5. The van der Waals surface area contributed by atoms with E-state index in [1.807, 2.05) is 37.3 Å². The quantitative estimate of drug-likeness (QED) is 0.252. The van der Waals surface area contributed by atoms with E-state index >= 15 is 0 Å². The Morgan fingerprint density at radius 2 is 1.90 bits per heavy atom. The third-order valence-corrected chi connectivity index (χ3v) is 6.48. The number of ketones is 1. The Balaban J connectivity index is 1.85. The average molecular weight is 549 g/mol. The van der Waals surface area contributed by atoms with E-state index in [9.17, 15) is 22.8 Å². The van der Waals surface area contributed by atoms with Crippen molar-refractivity contribution >= 4 is 22.6 Å². The van der Waals surface area contributed by atoms with Crippen LogP contribution in [0.1, 0.15) is 63.8 Å². The monoisotopic (exact) mass is 548 g/mol. The lowest BCUT2D eigenvalue weighted by atomic mass is 10.0. The number of nitrogens with zero attached hydrogens (tertiary/aromatic N) is 3. The first kappa shape index (κ1) is 30.1. The van der Waals surface area contributed by atoms with Gasteiger partial charge in [-0.2, -0.15) is 13.2 Å². The molecule has 3 rings (SSSR count). The molecule has 0 saturated carbocycles. The molecule has 0 radical (unpaired) electrons. The predicted molar refractivity (Wildman–Crippen MR) is 141 cm³/mol. The van der Waals surface area contributed by atoms with Crippen LogP contribution in [0.15, 0.2) is 40.9 Å². The number of ether oxygens (including phenoxy) is 1. The molecule has 8 nitrogen and oxygen atoms in total. The normalized spacial score (nSPS) is 13.4. The van der Waals surface area contributed by atoms with Crippen LogP contribution in [0.3, 0.4) is 0 Å². The summed E-state index contributed by atoms with van der Waals surface area (Å²) < 4.78 is 51.0. The highest BCUT2D eigenvalue weighted by Gasteiger charge is 2.37. The maximum absolute atomic E-state index is 13.2. The average Bonchev–Trinajstić information content (AvgIpc) is 3.39. The van der Waals surface area contributed by atoms with Gasteiger partial charge in [0.25, 0.3) is 0 Å². The number of unbranched alkanes of at least 4 members (excludes halogenated alkanes) is 2. The predicted octanol–water partition coefficient (Wildman–Crippen LogP) is 5.87. The molecule has 0 unspecified atom stereocenters. The van der Waals surface area contributed by atoms with E-state index in [1.165, 1.54) is 32.3 Å². The zero-order valence-electron chi connectivity index (χ0n) is 22.7. The van der Waals surface area contributed by atoms with Crippen LogP contribution >= 0.6 is 0 Å². The van der Waals surface area contributed by atoms with Gasteiger partial charge in [0.2, 0.25) is 17.7 Å². The molecule has 0 aliphatic carbocycles. The highest BCUT2D eigenvalue weighted by Crippen LogP contribution is 2.34. The standard InChI is InChI=1S/C28H35F3N4O4/c1-5-19(36)12-7-6-8-14-22(33-25(37)23(35(2)3)16-28(29,30)31)27-32-17-24(39-27)20-15-18-11-9-10-13-21(18)34-26(20)38-4/h9-11,13,15,17,22-23H,5-8,12,14,16H2,1-4H3,(H,33,37)/t22-,23+/m0/s1. The van der Waals surface area contributed by atoms with Crippen LogP contribution < -0.4 is 10.1 Å². The van der Waals surface area contributed by atoms with E-state index in [0.29, 0.717) is 55.7 Å². The van der Waals surface area contributed by atoms with Gasteiger partial charge < -0.3 is 14.5 Å². The number of benzene rings is 1. The molecule has 3 aromatic rings. The van der Waals surface area contributed by atoms with Gasteiger partial charge >= 0.3 is 6.18 Å². The number of Topliss-reactive ketones (excluding diaryl/α,β-unsaturated/α-hetero) is 1. The Morgan fingerprint density at radius 1 is 1.15 bits per heavy atom. The van der Waals surface area contributed by atoms with E-state index in [2.05, 4.69) is 15.3 Å². The van der Waals surface area contributed by atoms with Crippen LogP contribution in [-0.4, -0.2) is 60.0 Å². The lowest BCUT2D eigenvalue weighted by Crippen LogP contribution is -2.47. The Bertz CT molecular complexity index is 1260.